The molecule has 0 amide bonds. The maximum Gasteiger partial charge on any atom is 0.148 e. The second-order valence-electron chi connectivity index (χ2n) is 5.16. The van der Waals surface area contributed by atoms with Crippen LogP contribution in [-0.2, 0) is 14.6 Å². The predicted octanol–water partition coefficient (Wildman–Crippen LogP) is 0.120. The summed E-state index contributed by atoms with van der Waals surface area (Å²) < 4.78 is 28.1. The monoisotopic (exact) mass is 278 g/mol. The first-order valence-corrected chi connectivity index (χ1v) is 8.69. The largest absolute Gasteiger partial charge is 0.372 e. The summed E-state index contributed by atoms with van der Waals surface area (Å²) in [6.07, 6.45) is 4.01. The minimum atomic E-state index is -2.87. The Labute approximate surface area is 111 Å². The summed E-state index contributed by atoms with van der Waals surface area (Å²) in [7, 11) is -0.918. The predicted molar refractivity (Wildman–Crippen MR) is 73.6 cm³/mol. The van der Waals surface area contributed by atoms with E-state index in [0.717, 1.165) is 32.5 Å². The van der Waals surface area contributed by atoms with Crippen molar-refractivity contribution in [2.75, 3.05) is 45.2 Å². The van der Waals surface area contributed by atoms with Crippen LogP contribution in [0.1, 0.15) is 19.8 Å². The molecule has 0 aromatic carbocycles. The fourth-order valence-electron chi connectivity index (χ4n) is 2.13. The number of nitrogens with zero attached hydrogens (tertiary/aromatic N) is 1. The third-order valence-electron chi connectivity index (χ3n) is 3.18. The highest BCUT2D eigenvalue weighted by Gasteiger charge is 2.25. The van der Waals surface area contributed by atoms with E-state index in [1.807, 2.05) is 11.9 Å². The van der Waals surface area contributed by atoms with Crippen LogP contribution in [0.3, 0.4) is 0 Å². The van der Waals surface area contributed by atoms with E-state index in [-0.39, 0.29) is 11.9 Å². The fourth-order valence-corrected chi connectivity index (χ4v) is 2.77. The summed E-state index contributed by atoms with van der Waals surface area (Å²) in [5.41, 5.74) is 0. The van der Waals surface area contributed by atoms with E-state index in [0.29, 0.717) is 12.6 Å². The molecule has 0 aliphatic carbocycles. The molecule has 2 unspecified atom stereocenters. The first-order chi connectivity index (χ1) is 8.40. The summed E-state index contributed by atoms with van der Waals surface area (Å²) in [6, 6.07) is 0. The lowest BCUT2D eigenvalue weighted by atomic mass is 10.2. The van der Waals surface area contributed by atoms with Gasteiger partial charge < -0.3 is 15.0 Å². The number of nitrogens with one attached hydrogen (secondary N) is 1. The maximum absolute atomic E-state index is 11.1. The van der Waals surface area contributed by atoms with Gasteiger partial charge in [-0.3, -0.25) is 0 Å². The molecule has 5 nitrogen and oxygen atoms in total. The molecule has 1 heterocycles. The van der Waals surface area contributed by atoms with Gasteiger partial charge in [0.15, 0.2) is 0 Å². The van der Waals surface area contributed by atoms with E-state index in [9.17, 15) is 8.42 Å². The van der Waals surface area contributed by atoms with Gasteiger partial charge in [0, 0.05) is 25.9 Å². The van der Waals surface area contributed by atoms with Crippen LogP contribution in [0.15, 0.2) is 0 Å². The van der Waals surface area contributed by atoms with Crippen LogP contribution in [0.5, 0.6) is 0 Å². The smallest absolute Gasteiger partial charge is 0.148 e. The molecule has 6 heteroatoms. The zero-order chi connectivity index (χ0) is 13.6. The van der Waals surface area contributed by atoms with Crippen LogP contribution in [0.4, 0.5) is 0 Å². The van der Waals surface area contributed by atoms with Gasteiger partial charge in [0.2, 0.25) is 0 Å². The molecule has 0 aromatic rings. The standard InChI is InChI=1S/C12H26N2O3S/c1-4-13-9-11-5-6-12(17-11)10-14(2)7-8-18(3,15)16/h11-13H,4-10H2,1-3H3. The van der Waals surface area contributed by atoms with Crippen molar-refractivity contribution < 1.29 is 13.2 Å². The first kappa shape index (κ1) is 15.9. The SMILES string of the molecule is CCNCC1CCC(CN(C)CCS(C)(=O)=O)O1. The molecular weight excluding hydrogens is 252 g/mol. The van der Waals surface area contributed by atoms with Crippen molar-refractivity contribution in [1.29, 1.82) is 0 Å². The summed E-state index contributed by atoms with van der Waals surface area (Å²) in [4.78, 5) is 2.04. The number of likely N-dealkylation sites (N-methyl/N-ethyl adjacent to an activating group) is 2. The zero-order valence-corrected chi connectivity index (χ0v) is 12.5. The highest BCUT2D eigenvalue weighted by atomic mass is 32.2. The Morgan fingerprint density at radius 1 is 1.33 bits per heavy atom. The third kappa shape index (κ3) is 6.68. The van der Waals surface area contributed by atoms with Gasteiger partial charge in [-0.1, -0.05) is 6.92 Å². The molecule has 108 valence electrons. The number of ether oxygens (including phenoxy) is 1. The number of rotatable bonds is 8. The van der Waals surface area contributed by atoms with Crippen molar-refractivity contribution in [3.05, 3.63) is 0 Å². The number of sulfone groups is 1. The molecule has 1 rings (SSSR count). The van der Waals surface area contributed by atoms with Crippen LogP contribution in [-0.4, -0.2) is 70.8 Å². The Balaban J connectivity index is 2.19. The van der Waals surface area contributed by atoms with Crippen molar-refractivity contribution >= 4 is 9.84 Å². The van der Waals surface area contributed by atoms with Crippen molar-refractivity contribution in [3.63, 3.8) is 0 Å². The van der Waals surface area contributed by atoms with Crippen molar-refractivity contribution in [3.8, 4) is 0 Å². The minimum absolute atomic E-state index is 0.219. The van der Waals surface area contributed by atoms with E-state index in [2.05, 4.69) is 12.2 Å². The summed E-state index contributed by atoms with van der Waals surface area (Å²) >= 11 is 0. The molecule has 1 aliphatic rings. The number of hydrogen-bond acceptors (Lipinski definition) is 5. The summed E-state index contributed by atoms with van der Waals surface area (Å²) in [5.74, 6) is 0.219. The lowest BCUT2D eigenvalue weighted by Crippen LogP contribution is -2.34. The van der Waals surface area contributed by atoms with Crippen LogP contribution in [0.25, 0.3) is 0 Å². The van der Waals surface area contributed by atoms with Gasteiger partial charge in [-0.25, -0.2) is 8.42 Å². The summed E-state index contributed by atoms with van der Waals surface area (Å²) in [5, 5.41) is 3.29. The zero-order valence-electron chi connectivity index (χ0n) is 11.7. The van der Waals surface area contributed by atoms with Gasteiger partial charge in [-0.2, -0.15) is 0 Å². The molecule has 0 radical (unpaired) electrons. The molecule has 0 bridgehead atoms. The van der Waals surface area contributed by atoms with Gasteiger partial charge in [0.1, 0.15) is 9.84 Å². The Bertz CT molecular complexity index is 332. The molecule has 1 N–H and O–H groups in total. The lowest BCUT2D eigenvalue weighted by molar-refractivity contribution is 0.0291. The summed E-state index contributed by atoms with van der Waals surface area (Å²) in [6.45, 7) is 5.37. The van der Waals surface area contributed by atoms with E-state index >= 15 is 0 Å². The fraction of sp³-hybridized carbons (Fsp3) is 1.00. The van der Waals surface area contributed by atoms with E-state index in [1.54, 1.807) is 0 Å². The highest BCUT2D eigenvalue weighted by Crippen LogP contribution is 2.19. The van der Waals surface area contributed by atoms with E-state index in [1.165, 1.54) is 6.26 Å². The Morgan fingerprint density at radius 3 is 2.61 bits per heavy atom. The van der Waals surface area contributed by atoms with Crippen molar-refractivity contribution in [1.82, 2.24) is 10.2 Å². The van der Waals surface area contributed by atoms with Gasteiger partial charge in [0.25, 0.3) is 0 Å². The number of hydrogen-bond donors (Lipinski definition) is 1. The Kier molecular flexibility index (Phi) is 6.55. The van der Waals surface area contributed by atoms with Crippen LogP contribution >= 0.6 is 0 Å². The van der Waals surface area contributed by atoms with E-state index in [4.69, 9.17) is 4.74 Å². The third-order valence-corrected chi connectivity index (χ3v) is 4.10. The normalized spacial score (nSPS) is 24.9. The van der Waals surface area contributed by atoms with E-state index < -0.39 is 9.84 Å². The maximum atomic E-state index is 11.1. The van der Waals surface area contributed by atoms with Crippen LogP contribution < -0.4 is 5.32 Å². The molecule has 1 aliphatic heterocycles. The Hall–Kier alpha value is -0.170. The second kappa shape index (κ2) is 7.43. The molecule has 0 saturated carbocycles. The second-order valence-corrected chi connectivity index (χ2v) is 7.42. The van der Waals surface area contributed by atoms with Crippen LogP contribution in [0.2, 0.25) is 0 Å². The average molecular weight is 278 g/mol. The molecule has 0 spiro atoms. The molecular formula is C12H26N2O3S. The van der Waals surface area contributed by atoms with Crippen molar-refractivity contribution in [2.24, 2.45) is 0 Å². The Morgan fingerprint density at radius 2 is 2.00 bits per heavy atom. The highest BCUT2D eigenvalue weighted by molar-refractivity contribution is 7.90. The van der Waals surface area contributed by atoms with Gasteiger partial charge in [-0.05, 0) is 26.4 Å². The van der Waals surface area contributed by atoms with Crippen molar-refractivity contribution in [2.45, 2.75) is 32.0 Å². The molecule has 0 aromatic heterocycles. The van der Waals surface area contributed by atoms with Gasteiger partial charge >= 0.3 is 0 Å². The first-order valence-electron chi connectivity index (χ1n) is 6.63. The molecule has 1 saturated heterocycles. The average Bonchev–Trinajstić information content (AvgIpc) is 2.70. The van der Waals surface area contributed by atoms with Crippen LogP contribution in [0, 0.1) is 0 Å². The minimum Gasteiger partial charge on any atom is -0.372 e. The van der Waals surface area contributed by atoms with Gasteiger partial charge in [-0.15, -0.1) is 0 Å². The lowest BCUT2D eigenvalue weighted by Gasteiger charge is -2.21. The quantitative estimate of drug-likeness (QED) is 0.683. The molecule has 2 atom stereocenters. The topological polar surface area (TPSA) is 58.6 Å². The van der Waals surface area contributed by atoms with Gasteiger partial charge in [0.05, 0.1) is 18.0 Å². The molecule has 1 fully saturated rings. The molecule has 18 heavy (non-hydrogen) atoms.